The van der Waals surface area contributed by atoms with Gasteiger partial charge >= 0.3 is 6.03 Å². The van der Waals surface area contributed by atoms with E-state index in [0.717, 1.165) is 18.4 Å². The van der Waals surface area contributed by atoms with Crippen molar-refractivity contribution in [2.45, 2.75) is 31.8 Å². The number of aryl methyl sites for hydroxylation is 1. The van der Waals surface area contributed by atoms with Crippen molar-refractivity contribution in [1.82, 2.24) is 16.0 Å². The van der Waals surface area contributed by atoms with Gasteiger partial charge in [0.2, 0.25) is 5.91 Å². The van der Waals surface area contributed by atoms with Crippen LogP contribution in [0.5, 0.6) is 0 Å². The minimum Gasteiger partial charge on any atom is -0.341 e. The van der Waals surface area contributed by atoms with Gasteiger partial charge in [0.05, 0.1) is 0 Å². The lowest BCUT2D eigenvalue weighted by Crippen LogP contribution is -2.46. The number of carbonyl (C=O) groups excluding carboxylic acids is 2. The van der Waals surface area contributed by atoms with Crippen molar-refractivity contribution in [1.29, 1.82) is 0 Å². The van der Waals surface area contributed by atoms with Crippen LogP contribution in [0.3, 0.4) is 0 Å². The molecule has 2 rings (SSSR count). The lowest BCUT2D eigenvalue weighted by atomic mass is 10.0. The second-order valence-electron chi connectivity index (χ2n) is 6.00. The number of rotatable bonds is 7. The summed E-state index contributed by atoms with van der Waals surface area (Å²) in [6, 6.07) is 18.7. The third kappa shape index (κ3) is 6.04. The van der Waals surface area contributed by atoms with E-state index in [4.69, 9.17) is 0 Å². The summed E-state index contributed by atoms with van der Waals surface area (Å²) in [6.45, 7) is 2.05. The average Bonchev–Trinajstić information content (AvgIpc) is 2.65. The molecular formula is C20H25N3O2. The van der Waals surface area contributed by atoms with Crippen molar-refractivity contribution in [3.63, 3.8) is 0 Å². The number of hydrogen-bond acceptors (Lipinski definition) is 3. The maximum absolute atomic E-state index is 12.5. The number of nitrogens with one attached hydrogen (secondary N) is 3. The summed E-state index contributed by atoms with van der Waals surface area (Å²) in [6.07, 6.45) is 1.81. The van der Waals surface area contributed by atoms with Crippen molar-refractivity contribution in [2.75, 3.05) is 7.05 Å². The van der Waals surface area contributed by atoms with Gasteiger partial charge < -0.3 is 5.32 Å². The Morgan fingerprint density at radius 2 is 1.56 bits per heavy atom. The predicted molar refractivity (Wildman–Crippen MR) is 99.1 cm³/mol. The van der Waals surface area contributed by atoms with Crippen molar-refractivity contribution in [3.8, 4) is 0 Å². The molecule has 2 atom stereocenters. The van der Waals surface area contributed by atoms with Gasteiger partial charge in [-0.3, -0.25) is 15.4 Å². The fourth-order valence-electron chi connectivity index (χ4n) is 2.61. The monoisotopic (exact) mass is 339 g/mol. The molecule has 0 bridgehead atoms. The highest BCUT2D eigenvalue weighted by molar-refractivity contribution is 5.97. The minimum atomic E-state index is -0.579. The molecule has 5 heteroatoms. The van der Waals surface area contributed by atoms with Gasteiger partial charge in [0, 0.05) is 13.1 Å². The second-order valence-corrected chi connectivity index (χ2v) is 6.00. The fraction of sp³-hybridized carbons (Fsp3) is 0.300. The van der Waals surface area contributed by atoms with E-state index in [2.05, 4.69) is 28.1 Å². The Hall–Kier alpha value is -2.66. The topological polar surface area (TPSA) is 70.2 Å². The van der Waals surface area contributed by atoms with Crippen molar-refractivity contribution < 1.29 is 9.59 Å². The SMILES string of the molecule is CNC(=O)NC(=O)[C@H](N[C@H](C)CCc1ccccc1)c1ccccc1. The van der Waals surface area contributed by atoms with Gasteiger partial charge in [0.15, 0.2) is 0 Å². The Balaban J connectivity index is 2.02. The molecule has 0 aliphatic carbocycles. The van der Waals surface area contributed by atoms with E-state index in [-0.39, 0.29) is 11.9 Å². The third-order valence-electron chi connectivity index (χ3n) is 4.02. The van der Waals surface area contributed by atoms with Crippen LogP contribution in [0.1, 0.15) is 30.5 Å². The first-order valence-corrected chi connectivity index (χ1v) is 8.47. The Kier molecular flexibility index (Phi) is 7.16. The van der Waals surface area contributed by atoms with E-state index in [9.17, 15) is 9.59 Å². The van der Waals surface area contributed by atoms with Gasteiger partial charge in [0.1, 0.15) is 6.04 Å². The van der Waals surface area contributed by atoms with Crippen molar-refractivity contribution >= 4 is 11.9 Å². The molecule has 2 aromatic rings. The molecule has 0 spiro atoms. The van der Waals surface area contributed by atoms with E-state index in [1.807, 2.05) is 55.5 Å². The van der Waals surface area contributed by atoms with Crippen LogP contribution in [0.25, 0.3) is 0 Å². The first-order valence-electron chi connectivity index (χ1n) is 8.47. The molecule has 0 fully saturated rings. The molecule has 25 heavy (non-hydrogen) atoms. The van der Waals surface area contributed by atoms with Crippen LogP contribution < -0.4 is 16.0 Å². The lowest BCUT2D eigenvalue weighted by Gasteiger charge is -2.23. The summed E-state index contributed by atoms with van der Waals surface area (Å²) in [7, 11) is 1.48. The second kappa shape index (κ2) is 9.59. The summed E-state index contributed by atoms with van der Waals surface area (Å²) in [5, 5.41) is 8.10. The highest BCUT2D eigenvalue weighted by Crippen LogP contribution is 2.15. The summed E-state index contributed by atoms with van der Waals surface area (Å²) in [4.78, 5) is 24.0. The highest BCUT2D eigenvalue weighted by Gasteiger charge is 2.23. The lowest BCUT2D eigenvalue weighted by molar-refractivity contribution is -0.122. The molecule has 0 saturated carbocycles. The summed E-state index contributed by atoms with van der Waals surface area (Å²) in [5.41, 5.74) is 2.10. The summed E-state index contributed by atoms with van der Waals surface area (Å²) >= 11 is 0. The zero-order valence-electron chi connectivity index (χ0n) is 14.7. The zero-order valence-corrected chi connectivity index (χ0v) is 14.7. The molecule has 3 amide bonds. The van der Waals surface area contributed by atoms with E-state index >= 15 is 0 Å². The Bertz CT molecular complexity index is 674. The maximum Gasteiger partial charge on any atom is 0.321 e. The molecule has 0 heterocycles. The first-order chi connectivity index (χ1) is 12.1. The predicted octanol–water partition coefficient (Wildman–Crippen LogP) is 2.79. The molecule has 132 valence electrons. The van der Waals surface area contributed by atoms with Crippen LogP contribution in [-0.2, 0) is 11.2 Å². The zero-order chi connectivity index (χ0) is 18.1. The van der Waals surface area contributed by atoms with Crippen LogP contribution >= 0.6 is 0 Å². The molecule has 0 saturated heterocycles. The normalized spacial score (nSPS) is 12.9. The standard InChI is InChI=1S/C20H25N3O2/c1-15(13-14-16-9-5-3-6-10-16)22-18(17-11-7-4-8-12-17)19(24)23-20(25)21-2/h3-12,15,18,22H,13-14H2,1-2H3,(H2,21,23,24,25)/t15-,18-/m1/s1. The third-order valence-corrected chi connectivity index (χ3v) is 4.02. The number of benzene rings is 2. The summed E-state index contributed by atoms with van der Waals surface area (Å²) < 4.78 is 0. The molecular weight excluding hydrogens is 314 g/mol. The van der Waals surface area contributed by atoms with Gasteiger partial charge in [-0.2, -0.15) is 0 Å². The molecule has 0 aliphatic rings. The first kappa shape index (κ1) is 18.7. The van der Waals surface area contributed by atoms with Gasteiger partial charge in [-0.1, -0.05) is 60.7 Å². The fourth-order valence-corrected chi connectivity index (χ4v) is 2.61. The maximum atomic E-state index is 12.5. The molecule has 2 aromatic carbocycles. The Labute approximate surface area is 148 Å². The number of urea groups is 1. The molecule has 0 radical (unpaired) electrons. The minimum absolute atomic E-state index is 0.112. The van der Waals surface area contributed by atoms with Crippen LogP contribution in [0.4, 0.5) is 4.79 Å². The van der Waals surface area contributed by atoms with Gasteiger partial charge in [-0.05, 0) is 30.9 Å². The molecule has 3 N–H and O–H groups in total. The van der Waals surface area contributed by atoms with Gasteiger partial charge in [-0.25, -0.2) is 4.79 Å². The van der Waals surface area contributed by atoms with Crippen LogP contribution in [0, 0.1) is 0 Å². The van der Waals surface area contributed by atoms with Crippen molar-refractivity contribution in [2.24, 2.45) is 0 Å². The number of imide groups is 1. The van der Waals surface area contributed by atoms with E-state index in [1.165, 1.54) is 12.6 Å². The van der Waals surface area contributed by atoms with Gasteiger partial charge in [-0.15, -0.1) is 0 Å². The number of hydrogen-bond donors (Lipinski definition) is 3. The molecule has 5 nitrogen and oxygen atoms in total. The van der Waals surface area contributed by atoms with Crippen molar-refractivity contribution in [3.05, 3.63) is 71.8 Å². The molecule has 0 unspecified atom stereocenters. The number of carbonyl (C=O) groups is 2. The van der Waals surface area contributed by atoms with E-state index in [1.54, 1.807) is 0 Å². The smallest absolute Gasteiger partial charge is 0.321 e. The largest absolute Gasteiger partial charge is 0.341 e. The van der Waals surface area contributed by atoms with Gasteiger partial charge in [0.25, 0.3) is 0 Å². The van der Waals surface area contributed by atoms with Crippen LogP contribution in [-0.4, -0.2) is 25.0 Å². The highest BCUT2D eigenvalue weighted by atomic mass is 16.2. The van der Waals surface area contributed by atoms with Crippen LogP contribution in [0.15, 0.2) is 60.7 Å². The molecule has 0 aliphatic heterocycles. The van der Waals surface area contributed by atoms with E-state index in [0.29, 0.717) is 0 Å². The van der Waals surface area contributed by atoms with Crippen LogP contribution in [0.2, 0.25) is 0 Å². The quantitative estimate of drug-likeness (QED) is 0.726. The Morgan fingerprint density at radius 3 is 2.16 bits per heavy atom. The average molecular weight is 339 g/mol. The Morgan fingerprint density at radius 1 is 0.960 bits per heavy atom. The summed E-state index contributed by atoms with van der Waals surface area (Å²) in [5.74, 6) is -0.364. The molecule has 0 aromatic heterocycles. The number of amides is 3. The van der Waals surface area contributed by atoms with E-state index < -0.39 is 12.1 Å².